The maximum Gasteiger partial charge on any atom is 0.126 e. The molecule has 1 fully saturated rings. The van der Waals surface area contributed by atoms with Gasteiger partial charge in [0.1, 0.15) is 17.1 Å². The number of hydrogen-bond acceptors (Lipinski definition) is 5. The van der Waals surface area contributed by atoms with Gasteiger partial charge < -0.3 is 18.8 Å². The van der Waals surface area contributed by atoms with Gasteiger partial charge in [-0.3, -0.25) is 4.98 Å². The summed E-state index contributed by atoms with van der Waals surface area (Å²) in [6, 6.07) is 14.6. The highest BCUT2D eigenvalue weighted by Crippen LogP contribution is 2.34. The third-order valence-electron chi connectivity index (χ3n) is 6.38. The van der Waals surface area contributed by atoms with Gasteiger partial charge in [0, 0.05) is 44.2 Å². The van der Waals surface area contributed by atoms with Crippen LogP contribution in [0.15, 0.2) is 48.7 Å². The predicted octanol–water partition coefficient (Wildman–Crippen LogP) is 4.88. The fraction of sp³-hybridized carbons (Fsp3) is 0.385. The number of rotatable bonds is 7. The number of ether oxygens (including phenoxy) is 3. The molecule has 166 valence electrons. The number of para-hydroxylation sites is 1. The van der Waals surface area contributed by atoms with E-state index in [0.717, 1.165) is 83.7 Å². The highest BCUT2D eigenvalue weighted by Gasteiger charge is 2.20. The molecule has 0 aliphatic carbocycles. The Labute approximate surface area is 188 Å². The molecule has 0 atom stereocenters. The van der Waals surface area contributed by atoms with Crippen molar-refractivity contribution >= 4 is 21.9 Å². The van der Waals surface area contributed by atoms with Crippen molar-refractivity contribution in [3.63, 3.8) is 0 Å². The average molecular weight is 432 g/mol. The lowest BCUT2D eigenvalue weighted by atomic mass is 9.99. The van der Waals surface area contributed by atoms with Crippen LogP contribution in [0.3, 0.4) is 0 Å². The summed E-state index contributed by atoms with van der Waals surface area (Å²) < 4.78 is 19.0. The van der Waals surface area contributed by atoms with Crippen LogP contribution in [0.2, 0.25) is 0 Å². The van der Waals surface area contributed by atoms with Crippen molar-refractivity contribution in [2.45, 2.75) is 25.8 Å². The fourth-order valence-electron chi connectivity index (χ4n) is 4.68. The second-order valence-electron chi connectivity index (χ2n) is 8.36. The Kier molecular flexibility index (Phi) is 6.06. The van der Waals surface area contributed by atoms with Crippen molar-refractivity contribution in [3.05, 3.63) is 54.5 Å². The van der Waals surface area contributed by atoms with Gasteiger partial charge in [-0.05, 0) is 42.5 Å². The lowest BCUT2D eigenvalue weighted by Gasteiger charge is -2.24. The number of hydrogen-bond donors (Lipinski definition) is 0. The predicted molar refractivity (Wildman–Crippen MR) is 126 cm³/mol. The van der Waals surface area contributed by atoms with Crippen LogP contribution in [0.25, 0.3) is 33.1 Å². The summed E-state index contributed by atoms with van der Waals surface area (Å²) in [6.45, 7) is 3.27. The molecule has 5 rings (SSSR count). The molecule has 0 unspecified atom stereocenters. The van der Waals surface area contributed by atoms with E-state index in [1.165, 1.54) is 0 Å². The van der Waals surface area contributed by atoms with Crippen LogP contribution >= 0.6 is 0 Å². The molecule has 1 aliphatic rings. The lowest BCUT2D eigenvalue weighted by Crippen LogP contribution is -2.21. The Morgan fingerprint density at radius 1 is 1.06 bits per heavy atom. The molecule has 32 heavy (non-hydrogen) atoms. The molecule has 6 nitrogen and oxygen atoms in total. The summed E-state index contributed by atoms with van der Waals surface area (Å²) >= 11 is 0. The van der Waals surface area contributed by atoms with Crippen molar-refractivity contribution in [2.75, 3.05) is 34.0 Å². The highest BCUT2D eigenvalue weighted by atomic mass is 16.5. The quantitative estimate of drug-likeness (QED) is 0.418. The highest BCUT2D eigenvalue weighted by molar-refractivity contribution is 6.04. The maximum atomic E-state index is 5.61. The summed E-state index contributed by atoms with van der Waals surface area (Å²) in [5, 5.41) is 1.12. The monoisotopic (exact) mass is 431 g/mol. The molecule has 4 aromatic rings. The zero-order valence-electron chi connectivity index (χ0n) is 18.7. The first-order chi connectivity index (χ1) is 15.8. The zero-order valence-corrected chi connectivity index (χ0v) is 18.7. The summed E-state index contributed by atoms with van der Waals surface area (Å²) in [5.41, 5.74) is 5.25. The summed E-state index contributed by atoms with van der Waals surface area (Å²) in [4.78, 5) is 9.68. The Morgan fingerprint density at radius 2 is 1.91 bits per heavy atom. The number of nitrogens with zero attached hydrogens (tertiary/aromatic N) is 3. The maximum absolute atomic E-state index is 5.61. The molecule has 0 spiro atoms. The van der Waals surface area contributed by atoms with E-state index in [-0.39, 0.29) is 0 Å². The smallest absolute Gasteiger partial charge is 0.126 e. The summed E-state index contributed by atoms with van der Waals surface area (Å²) in [6.07, 6.45) is 4.84. The van der Waals surface area contributed by atoms with Crippen molar-refractivity contribution in [1.82, 2.24) is 14.5 Å². The van der Waals surface area contributed by atoms with Gasteiger partial charge >= 0.3 is 0 Å². The van der Waals surface area contributed by atoms with E-state index < -0.39 is 0 Å². The van der Waals surface area contributed by atoms with Gasteiger partial charge in [0.25, 0.3) is 0 Å². The van der Waals surface area contributed by atoms with E-state index in [1.54, 1.807) is 14.2 Å². The van der Waals surface area contributed by atoms with Gasteiger partial charge in [-0.1, -0.05) is 24.3 Å². The molecule has 0 bridgehead atoms. The van der Waals surface area contributed by atoms with E-state index in [0.29, 0.717) is 12.5 Å². The molecule has 6 heteroatoms. The number of pyridine rings is 1. The SMILES string of the molecule is COCCc1nc2cnc3ccc(-c4ccccc4OC)cc3c2n1CC1CCOCC1. The molecule has 1 saturated heterocycles. The van der Waals surface area contributed by atoms with Gasteiger partial charge in [0.15, 0.2) is 0 Å². The summed E-state index contributed by atoms with van der Waals surface area (Å²) in [5.74, 6) is 2.51. The third kappa shape index (κ3) is 3.96. The topological polar surface area (TPSA) is 58.4 Å². The zero-order chi connectivity index (χ0) is 21.9. The summed E-state index contributed by atoms with van der Waals surface area (Å²) in [7, 11) is 3.45. The second-order valence-corrected chi connectivity index (χ2v) is 8.36. The van der Waals surface area contributed by atoms with Crippen molar-refractivity contribution in [2.24, 2.45) is 5.92 Å². The van der Waals surface area contributed by atoms with Crippen LogP contribution in [0.1, 0.15) is 18.7 Å². The van der Waals surface area contributed by atoms with Crippen molar-refractivity contribution in [3.8, 4) is 16.9 Å². The van der Waals surface area contributed by atoms with E-state index in [4.69, 9.17) is 24.2 Å². The number of methoxy groups -OCH3 is 2. The molecular weight excluding hydrogens is 402 g/mol. The standard InChI is InChI=1S/C26H29N3O3/c1-30-12-11-25-28-23-16-27-22-8-7-19(20-5-3-4-6-24(20)31-2)15-21(22)26(23)29(25)17-18-9-13-32-14-10-18/h3-8,15-16,18H,9-14,17H2,1-2H3. The van der Waals surface area contributed by atoms with Crippen LogP contribution in [-0.2, 0) is 22.4 Å². The molecule has 0 N–H and O–H groups in total. The molecule has 1 aliphatic heterocycles. The molecular formula is C26H29N3O3. The Hall–Kier alpha value is -2.96. The van der Waals surface area contributed by atoms with Crippen molar-refractivity contribution < 1.29 is 14.2 Å². The van der Waals surface area contributed by atoms with Crippen LogP contribution in [-0.4, -0.2) is 48.6 Å². The largest absolute Gasteiger partial charge is 0.496 e. The number of imidazole rings is 1. The molecule has 0 saturated carbocycles. The van der Waals surface area contributed by atoms with Crippen LogP contribution in [0.5, 0.6) is 5.75 Å². The van der Waals surface area contributed by atoms with E-state index in [2.05, 4.69) is 28.8 Å². The third-order valence-corrected chi connectivity index (χ3v) is 6.38. The van der Waals surface area contributed by atoms with Gasteiger partial charge in [-0.25, -0.2) is 4.98 Å². The minimum absolute atomic E-state index is 0.586. The Balaban J connectivity index is 1.68. The molecule has 0 radical (unpaired) electrons. The first-order valence-electron chi connectivity index (χ1n) is 11.3. The number of benzene rings is 2. The molecule has 3 heterocycles. The van der Waals surface area contributed by atoms with E-state index in [1.807, 2.05) is 24.4 Å². The first-order valence-corrected chi connectivity index (χ1v) is 11.3. The fourth-order valence-corrected chi connectivity index (χ4v) is 4.68. The minimum Gasteiger partial charge on any atom is -0.496 e. The second kappa shape index (κ2) is 9.27. The lowest BCUT2D eigenvalue weighted by molar-refractivity contribution is 0.0612. The van der Waals surface area contributed by atoms with Crippen LogP contribution in [0, 0.1) is 5.92 Å². The van der Waals surface area contributed by atoms with E-state index >= 15 is 0 Å². The Bertz CT molecular complexity index is 1230. The minimum atomic E-state index is 0.586. The van der Waals surface area contributed by atoms with Crippen molar-refractivity contribution in [1.29, 1.82) is 0 Å². The molecule has 0 amide bonds. The van der Waals surface area contributed by atoms with Gasteiger partial charge in [-0.2, -0.15) is 0 Å². The van der Waals surface area contributed by atoms with Gasteiger partial charge in [0.2, 0.25) is 0 Å². The van der Waals surface area contributed by atoms with Crippen LogP contribution < -0.4 is 4.74 Å². The molecule has 2 aromatic carbocycles. The van der Waals surface area contributed by atoms with E-state index in [9.17, 15) is 0 Å². The van der Waals surface area contributed by atoms with Gasteiger partial charge in [-0.15, -0.1) is 0 Å². The van der Waals surface area contributed by atoms with Crippen LogP contribution in [0.4, 0.5) is 0 Å². The number of fused-ring (bicyclic) bond motifs is 3. The Morgan fingerprint density at radius 3 is 2.72 bits per heavy atom. The first kappa shape index (κ1) is 20.9. The normalized spacial score (nSPS) is 14.9. The average Bonchev–Trinajstić information content (AvgIpc) is 3.20. The van der Waals surface area contributed by atoms with Gasteiger partial charge in [0.05, 0.1) is 30.9 Å². The molecule has 2 aromatic heterocycles. The number of aromatic nitrogens is 3.